The molecule has 4 rings (SSSR count). The van der Waals surface area contributed by atoms with Crippen molar-refractivity contribution in [2.45, 2.75) is 13.5 Å². The molecule has 0 saturated carbocycles. The molecule has 0 fully saturated rings. The van der Waals surface area contributed by atoms with E-state index in [1.54, 1.807) is 48.8 Å². The minimum absolute atomic E-state index is 0.230. The van der Waals surface area contributed by atoms with Crippen LogP contribution in [0.5, 0.6) is 11.5 Å². The van der Waals surface area contributed by atoms with Crippen LogP contribution in [0.1, 0.15) is 21.7 Å². The molecule has 2 heterocycles. The summed E-state index contributed by atoms with van der Waals surface area (Å²) >= 11 is 1.50. The molecule has 4 aromatic rings. The Balaban J connectivity index is 1.50. The SMILES string of the molecule is COc1cc(C(=O)Nc2cccc(-c3nc(C)cc(=O)[nH]3)c2)ccc1OCc1cscn1. The van der Waals surface area contributed by atoms with Crippen LogP contribution in [0.25, 0.3) is 11.4 Å². The molecule has 0 bridgehead atoms. The van der Waals surface area contributed by atoms with Gasteiger partial charge in [-0.2, -0.15) is 0 Å². The number of aromatic amines is 1. The van der Waals surface area contributed by atoms with Crippen LogP contribution in [0.4, 0.5) is 5.69 Å². The van der Waals surface area contributed by atoms with Gasteiger partial charge in [-0.05, 0) is 37.3 Å². The molecule has 0 spiro atoms. The van der Waals surface area contributed by atoms with Crippen molar-refractivity contribution in [2.75, 3.05) is 12.4 Å². The second-order valence-electron chi connectivity index (χ2n) is 6.90. The minimum Gasteiger partial charge on any atom is -0.493 e. The zero-order valence-electron chi connectivity index (χ0n) is 17.4. The van der Waals surface area contributed by atoms with Gasteiger partial charge in [0, 0.05) is 34.0 Å². The maximum atomic E-state index is 12.8. The van der Waals surface area contributed by atoms with Gasteiger partial charge in [0.05, 0.1) is 18.3 Å². The van der Waals surface area contributed by atoms with Crippen molar-refractivity contribution in [1.82, 2.24) is 15.0 Å². The second-order valence-corrected chi connectivity index (χ2v) is 7.62. The Morgan fingerprint density at radius 1 is 1.16 bits per heavy atom. The van der Waals surface area contributed by atoms with Gasteiger partial charge in [0.25, 0.3) is 11.5 Å². The first-order valence-corrected chi connectivity index (χ1v) is 10.6. The molecule has 0 aliphatic rings. The Kier molecular flexibility index (Phi) is 6.27. The van der Waals surface area contributed by atoms with E-state index in [0.717, 1.165) is 5.69 Å². The molecule has 9 heteroatoms. The number of nitrogens with one attached hydrogen (secondary N) is 2. The molecule has 0 atom stereocenters. The third-order valence-electron chi connectivity index (χ3n) is 4.55. The predicted molar refractivity (Wildman–Crippen MR) is 122 cm³/mol. The lowest BCUT2D eigenvalue weighted by atomic mass is 10.1. The van der Waals surface area contributed by atoms with Gasteiger partial charge in [0.15, 0.2) is 11.5 Å². The van der Waals surface area contributed by atoms with Gasteiger partial charge in [-0.1, -0.05) is 12.1 Å². The number of aromatic nitrogens is 3. The highest BCUT2D eigenvalue weighted by atomic mass is 32.1. The average molecular weight is 449 g/mol. The van der Waals surface area contributed by atoms with Gasteiger partial charge in [-0.25, -0.2) is 9.97 Å². The van der Waals surface area contributed by atoms with Gasteiger partial charge in [0.1, 0.15) is 12.4 Å². The highest BCUT2D eigenvalue weighted by molar-refractivity contribution is 7.07. The topological polar surface area (TPSA) is 106 Å². The predicted octanol–water partition coefficient (Wildman–Crippen LogP) is 4.04. The summed E-state index contributed by atoms with van der Waals surface area (Å²) in [6.07, 6.45) is 0. The van der Waals surface area contributed by atoms with Crippen molar-refractivity contribution in [3.63, 3.8) is 0 Å². The van der Waals surface area contributed by atoms with Crippen molar-refractivity contribution in [2.24, 2.45) is 0 Å². The van der Waals surface area contributed by atoms with Crippen molar-refractivity contribution in [3.8, 4) is 22.9 Å². The van der Waals surface area contributed by atoms with Crippen molar-refractivity contribution >= 4 is 22.9 Å². The summed E-state index contributed by atoms with van der Waals surface area (Å²) < 4.78 is 11.2. The number of nitrogens with zero attached hydrogens (tertiary/aromatic N) is 2. The summed E-state index contributed by atoms with van der Waals surface area (Å²) in [4.78, 5) is 35.8. The largest absolute Gasteiger partial charge is 0.493 e. The van der Waals surface area contributed by atoms with Crippen LogP contribution in [-0.4, -0.2) is 28.0 Å². The highest BCUT2D eigenvalue weighted by Gasteiger charge is 2.13. The number of benzene rings is 2. The molecule has 162 valence electrons. The number of amides is 1. The molecule has 0 unspecified atom stereocenters. The average Bonchev–Trinajstić information content (AvgIpc) is 3.31. The molecular weight excluding hydrogens is 428 g/mol. The lowest BCUT2D eigenvalue weighted by molar-refractivity contribution is 0.102. The monoisotopic (exact) mass is 448 g/mol. The van der Waals surface area contributed by atoms with E-state index >= 15 is 0 Å². The Morgan fingerprint density at radius 2 is 2.03 bits per heavy atom. The molecule has 2 aromatic carbocycles. The van der Waals surface area contributed by atoms with E-state index in [1.807, 2.05) is 11.4 Å². The number of anilines is 1. The number of hydrogen-bond donors (Lipinski definition) is 2. The van der Waals surface area contributed by atoms with Crippen molar-refractivity contribution in [1.29, 1.82) is 0 Å². The molecule has 2 N–H and O–H groups in total. The number of H-pyrrole nitrogens is 1. The van der Waals surface area contributed by atoms with Crippen molar-refractivity contribution < 1.29 is 14.3 Å². The number of carbonyl (C=O) groups is 1. The van der Waals surface area contributed by atoms with E-state index in [1.165, 1.54) is 24.5 Å². The summed E-state index contributed by atoms with van der Waals surface area (Å²) in [5, 5.41) is 4.77. The smallest absolute Gasteiger partial charge is 0.255 e. The molecule has 0 radical (unpaired) electrons. The number of carbonyl (C=O) groups excluding carboxylic acids is 1. The summed E-state index contributed by atoms with van der Waals surface area (Å²) in [6, 6.07) is 13.5. The highest BCUT2D eigenvalue weighted by Crippen LogP contribution is 2.29. The van der Waals surface area contributed by atoms with Crippen LogP contribution in [0.3, 0.4) is 0 Å². The third kappa shape index (κ3) is 5.01. The van der Waals surface area contributed by atoms with Crippen LogP contribution < -0.4 is 20.3 Å². The first kappa shape index (κ1) is 21.3. The fraction of sp³-hybridized carbons (Fsp3) is 0.130. The van der Waals surface area contributed by atoms with Crippen LogP contribution in [-0.2, 0) is 6.61 Å². The summed E-state index contributed by atoms with van der Waals surface area (Å²) in [5.74, 6) is 1.10. The standard InChI is InChI=1S/C23H20N4O4S/c1-14-8-21(28)27-22(25-14)15-4-3-5-17(9-15)26-23(29)16-6-7-19(20(10-16)30-2)31-11-18-12-32-13-24-18/h3-10,12-13H,11H2,1-2H3,(H,26,29)(H,25,27,28). The number of rotatable bonds is 7. The summed E-state index contributed by atoms with van der Waals surface area (Å²) in [6.45, 7) is 2.06. The number of hydrogen-bond acceptors (Lipinski definition) is 7. The zero-order valence-corrected chi connectivity index (χ0v) is 18.2. The fourth-order valence-corrected chi connectivity index (χ4v) is 3.59. The molecule has 0 aliphatic carbocycles. The number of ether oxygens (including phenoxy) is 2. The van der Waals surface area contributed by atoms with Gasteiger partial charge < -0.3 is 19.8 Å². The van der Waals surface area contributed by atoms with Gasteiger partial charge in [0.2, 0.25) is 0 Å². The zero-order chi connectivity index (χ0) is 22.5. The molecule has 2 aromatic heterocycles. The van der Waals surface area contributed by atoms with E-state index in [-0.39, 0.29) is 11.5 Å². The van der Waals surface area contributed by atoms with Gasteiger partial charge >= 0.3 is 0 Å². The van der Waals surface area contributed by atoms with E-state index in [4.69, 9.17) is 9.47 Å². The van der Waals surface area contributed by atoms with E-state index in [0.29, 0.717) is 46.4 Å². The number of methoxy groups -OCH3 is 1. The molecule has 8 nitrogen and oxygen atoms in total. The van der Waals surface area contributed by atoms with E-state index in [9.17, 15) is 9.59 Å². The lowest BCUT2D eigenvalue weighted by Crippen LogP contribution is -2.12. The first-order chi connectivity index (χ1) is 15.5. The number of thiazole rings is 1. The van der Waals surface area contributed by atoms with Crippen molar-refractivity contribution in [3.05, 3.63) is 86.7 Å². The summed E-state index contributed by atoms with van der Waals surface area (Å²) in [5.41, 5.74) is 4.61. The Hall–Kier alpha value is -3.98. The lowest BCUT2D eigenvalue weighted by Gasteiger charge is -2.12. The Labute approximate surface area is 187 Å². The second kappa shape index (κ2) is 9.44. The maximum Gasteiger partial charge on any atom is 0.255 e. The molecular formula is C23H20N4O4S. The molecule has 0 aliphatic heterocycles. The molecule has 1 amide bonds. The van der Waals surface area contributed by atoms with Gasteiger partial charge in [-0.3, -0.25) is 9.59 Å². The van der Waals surface area contributed by atoms with E-state index < -0.39 is 0 Å². The third-order valence-corrected chi connectivity index (χ3v) is 5.18. The van der Waals surface area contributed by atoms with E-state index in [2.05, 4.69) is 20.3 Å². The van der Waals surface area contributed by atoms with Crippen LogP contribution in [0, 0.1) is 6.92 Å². The Bertz CT molecular complexity index is 1300. The molecule has 32 heavy (non-hydrogen) atoms. The first-order valence-electron chi connectivity index (χ1n) is 9.69. The Morgan fingerprint density at radius 3 is 2.78 bits per heavy atom. The van der Waals surface area contributed by atoms with Crippen LogP contribution in [0.2, 0.25) is 0 Å². The number of aryl methyl sites for hydroxylation is 1. The minimum atomic E-state index is -0.308. The molecule has 0 saturated heterocycles. The van der Waals surface area contributed by atoms with Crippen LogP contribution >= 0.6 is 11.3 Å². The normalized spacial score (nSPS) is 10.6. The fourth-order valence-electron chi connectivity index (χ4n) is 3.05. The van der Waals surface area contributed by atoms with Crippen LogP contribution in [0.15, 0.2) is 64.2 Å². The quantitative estimate of drug-likeness (QED) is 0.442. The van der Waals surface area contributed by atoms with Gasteiger partial charge in [-0.15, -0.1) is 11.3 Å². The summed E-state index contributed by atoms with van der Waals surface area (Å²) in [7, 11) is 1.52. The maximum absolute atomic E-state index is 12.8.